The van der Waals surface area contributed by atoms with Gasteiger partial charge in [-0.05, 0) is 25.3 Å². The number of hydrogen-bond donors (Lipinski definition) is 1. The van der Waals surface area contributed by atoms with E-state index in [1.54, 1.807) is 0 Å². The first-order valence-electron chi connectivity index (χ1n) is 7.16. The lowest BCUT2D eigenvalue weighted by Crippen LogP contribution is -2.41. The number of nitrogens with zero attached hydrogens (tertiary/aromatic N) is 1. The highest BCUT2D eigenvalue weighted by molar-refractivity contribution is 5.85. The zero-order valence-corrected chi connectivity index (χ0v) is 12.5. The van der Waals surface area contributed by atoms with Crippen LogP contribution in [-0.4, -0.2) is 37.0 Å². The second-order valence-electron chi connectivity index (χ2n) is 5.88. The Kier molecular flexibility index (Phi) is 6.44. The molecule has 0 aromatic carbocycles. The van der Waals surface area contributed by atoms with Crippen molar-refractivity contribution in [2.45, 2.75) is 51.5 Å². The largest absolute Gasteiger partial charge is 0.341 e. The van der Waals surface area contributed by atoms with Crippen LogP contribution in [0.15, 0.2) is 0 Å². The van der Waals surface area contributed by atoms with E-state index in [1.807, 2.05) is 11.9 Å². The third-order valence-electron chi connectivity index (χ3n) is 4.51. The molecule has 2 unspecified atom stereocenters. The van der Waals surface area contributed by atoms with Gasteiger partial charge in [-0.1, -0.05) is 32.6 Å². The van der Waals surface area contributed by atoms with E-state index in [2.05, 4.69) is 12.2 Å². The number of nitrogens with one attached hydrogen (secondary N) is 1. The SMILES string of the molecule is CC(CC1CCCC1)C(=O)N(C)C1CCNC1.Cl. The minimum Gasteiger partial charge on any atom is -0.341 e. The van der Waals surface area contributed by atoms with Gasteiger partial charge in [0.25, 0.3) is 0 Å². The molecule has 1 saturated heterocycles. The van der Waals surface area contributed by atoms with Crippen LogP contribution in [0.2, 0.25) is 0 Å². The van der Waals surface area contributed by atoms with Crippen molar-refractivity contribution in [3.05, 3.63) is 0 Å². The van der Waals surface area contributed by atoms with Gasteiger partial charge < -0.3 is 10.2 Å². The maximum Gasteiger partial charge on any atom is 0.225 e. The first-order valence-corrected chi connectivity index (χ1v) is 7.16. The van der Waals surface area contributed by atoms with Gasteiger partial charge in [-0.2, -0.15) is 0 Å². The molecule has 2 rings (SSSR count). The number of carbonyl (C=O) groups excluding carboxylic acids is 1. The summed E-state index contributed by atoms with van der Waals surface area (Å²) in [5.74, 6) is 1.37. The van der Waals surface area contributed by atoms with E-state index in [0.29, 0.717) is 11.9 Å². The second-order valence-corrected chi connectivity index (χ2v) is 5.88. The zero-order valence-electron chi connectivity index (χ0n) is 11.7. The minimum absolute atomic E-state index is 0. The van der Waals surface area contributed by atoms with Gasteiger partial charge >= 0.3 is 0 Å². The number of halogens is 1. The Bertz CT molecular complexity index is 261. The molecule has 0 spiro atoms. The van der Waals surface area contributed by atoms with Crippen molar-refractivity contribution < 1.29 is 4.79 Å². The van der Waals surface area contributed by atoms with E-state index in [9.17, 15) is 4.79 Å². The quantitative estimate of drug-likeness (QED) is 0.854. The molecule has 1 aliphatic carbocycles. The molecule has 2 fully saturated rings. The van der Waals surface area contributed by atoms with E-state index < -0.39 is 0 Å². The summed E-state index contributed by atoms with van der Waals surface area (Å²) in [7, 11) is 1.98. The predicted octanol–water partition coefficient (Wildman–Crippen LogP) is 2.44. The molecule has 3 nitrogen and oxygen atoms in total. The number of rotatable bonds is 4. The highest BCUT2D eigenvalue weighted by Crippen LogP contribution is 2.30. The van der Waals surface area contributed by atoms with Crippen LogP contribution in [0, 0.1) is 11.8 Å². The van der Waals surface area contributed by atoms with Crippen molar-refractivity contribution in [3.8, 4) is 0 Å². The normalized spacial score (nSPS) is 25.8. The number of likely N-dealkylation sites (N-methyl/N-ethyl adjacent to an activating group) is 1. The van der Waals surface area contributed by atoms with Crippen LogP contribution in [0.25, 0.3) is 0 Å². The minimum atomic E-state index is 0. The Labute approximate surface area is 117 Å². The number of amides is 1. The van der Waals surface area contributed by atoms with Crippen molar-refractivity contribution in [2.24, 2.45) is 11.8 Å². The molecule has 0 aromatic heterocycles. The van der Waals surface area contributed by atoms with Gasteiger partial charge in [0, 0.05) is 25.6 Å². The Morgan fingerprint density at radius 1 is 1.33 bits per heavy atom. The molecule has 18 heavy (non-hydrogen) atoms. The molecule has 1 heterocycles. The van der Waals surface area contributed by atoms with Gasteiger partial charge in [0.15, 0.2) is 0 Å². The molecular formula is C14H27ClN2O. The monoisotopic (exact) mass is 274 g/mol. The Balaban J connectivity index is 0.00000162. The molecule has 1 N–H and O–H groups in total. The summed E-state index contributed by atoms with van der Waals surface area (Å²) in [6.45, 7) is 4.14. The van der Waals surface area contributed by atoms with E-state index >= 15 is 0 Å². The first kappa shape index (κ1) is 15.8. The van der Waals surface area contributed by atoms with Gasteiger partial charge in [-0.3, -0.25) is 4.79 Å². The number of carbonyl (C=O) groups is 1. The lowest BCUT2D eigenvalue weighted by Gasteiger charge is -2.27. The number of hydrogen-bond acceptors (Lipinski definition) is 2. The van der Waals surface area contributed by atoms with Crippen LogP contribution in [0.4, 0.5) is 0 Å². The fraction of sp³-hybridized carbons (Fsp3) is 0.929. The summed E-state index contributed by atoms with van der Waals surface area (Å²) in [5.41, 5.74) is 0. The third kappa shape index (κ3) is 3.86. The predicted molar refractivity (Wildman–Crippen MR) is 77.0 cm³/mol. The van der Waals surface area contributed by atoms with E-state index in [1.165, 1.54) is 25.7 Å². The molecule has 0 radical (unpaired) electrons. The summed E-state index contributed by atoms with van der Waals surface area (Å²) in [6, 6.07) is 0.425. The van der Waals surface area contributed by atoms with E-state index in [4.69, 9.17) is 0 Å². The van der Waals surface area contributed by atoms with Crippen molar-refractivity contribution in [2.75, 3.05) is 20.1 Å². The van der Waals surface area contributed by atoms with Crippen LogP contribution < -0.4 is 5.32 Å². The Morgan fingerprint density at radius 3 is 2.56 bits per heavy atom. The summed E-state index contributed by atoms with van der Waals surface area (Å²) in [6.07, 6.45) is 7.63. The van der Waals surface area contributed by atoms with Gasteiger partial charge in [0.1, 0.15) is 0 Å². The summed E-state index contributed by atoms with van der Waals surface area (Å²) in [5, 5.41) is 3.33. The summed E-state index contributed by atoms with van der Waals surface area (Å²) in [4.78, 5) is 14.3. The lowest BCUT2D eigenvalue weighted by atomic mass is 9.93. The summed E-state index contributed by atoms with van der Waals surface area (Å²) < 4.78 is 0. The molecule has 2 aliphatic rings. The van der Waals surface area contributed by atoms with E-state index in [0.717, 1.165) is 31.8 Å². The summed E-state index contributed by atoms with van der Waals surface area (Å²) >= 11 is 0. The van der Waals surface area contributed by atoms with Crippen molar-refractivity contribution in [3.63, 3.8) is 0 Å². The topological polar surface area (TPSA) is 32.3 Å². The average molecular weight is 275 g/mol. The maximum absolute atomic E-state index is 12.3. The van der Waals surface area contributed by atoms with Crippen molar-refractivity contribution in [1.29, 1.82) is 0 Å². The van der Waals surface area contributed by atoms with Gasteiger partial charge in [0.2, 0.25) is 5.91 Å². The molecule has 1 saturated carbocycles. The fourth-order valence-corrected chi connectivity index (χ4v) is 3.34. The van der Waals surface area contributed by atoms with Gasteiger partial charge in [0.05, 0.1) is 0 Å². The van der Waals surface area contributed by atoms with Crippen LogP contribution in [0.1, 0.15) is 45.4 Å². The van der Waals surface area contributed by atoms with Crippen LogP contribution >= 0.6 is 12.4 Å². The average Bonchev–Trinajstić information content (AvgIpc) is 2.99. The first-order chi connectivity index (χ1) is 8.18. The maximum atomic E-state index is 12.3. The van der Waals surface area contributed by atoms with Crippen LogP contribution in [0.5, 0.6) is 0 Å². The molecule has 1 amide bonds. The molecule has 106 valence electrons. The molecule has 2 atom stereocenters. The van der Waals surface area contributed by atoms with Crippen LogP contribution in [0.3, 0.4) is 0 Å². The smallest absolute Gasteiger partial charge is 0.225 e. The lowest BCUT2D eigenvalue weighted by molar-refractivity contribution is -0.136. The van der Waals surface area contributed by atoms with Gasteiger partial charge in [-0.15, -0.1) is 12.4 Å². The van der Waals surface area contributed by atoms with Crippen molar-refractivity contribution >= 4 is 18.3 Å². The third-order valence-corrected chi connectivity index (χ3v) is 4.51. The molecule has 1 aliphatic heterocycles. The molecular weight excluding hydrogens is 248 g/mol. The Morgan fingerprint density at radius 2 is 2.00 bits per heavy atom. The molecule has 4 heteroatoms. The van der Waals surface area contributed by atoms with Crippen molar-refractivity contribution in [1.82, 2.24) is 10.2 Å². The fourth-order valence-electron chi connectivity index (χ4n) is 3.34. The standard InChI is InChI=1S/C14H26N2O.ClH/c1-11(9-12-5-3-4-6-12)14(17)16(2)13-7-8-15-10-13;/h11-13,15H,3-10H2,1-2H3;1H. The van der Waals surface area contributed by atoms with E-state index in [-0.39, 0.29) is 18.3 Å². The highest BCUT2D eigenvalue weighted by Gasteiger charge is 2.28. The zero-order chi connectivity index (χ0) is 12.3. The molecule has 0 bridgehead atoms. The highest BCUT2D eigenvalue weighted by atomic mass is 35.5. The second kappa shape index (κ2) is 7.34. The molecule has 0 aromatic rings. The van der Waals surface area contributed by atoms with Crippen LogP contribution in [-0.2, 0) is 4.79 Å². The van der Waals surface area contributed by atoms with Gasteiger partial charge in [-0.25, -0.2) is 0 Å². The Hall–Kier alpha value is -0.280.